The zero-order valence-electron chi connectivity index (χ0n) is 32.9. The first-order valence-electron chi connectivity index (χ1n) is 20.5. The molecule has 0 aliphatic carbocycles. The smallest absolute Gasteiger partial charge is 0.136 e. The van der Waals surface area contributed by atoms with Gasteiger partial charge in [-0.1, -0.05) is 170 Å². The van der Waals surface area contributed by atoms with E-state index >= 15 is 0 Å². The lowest BCUT2D eigenvalue weighted by atomic mass is 9.95. The number of furan rings is 1. The van der Waals surface area contributed by atoms with Crippen LogP contribution in [-0.4, -0.2) is 0 Å². The summed E-state index contributed by atoms with van der Waals surface area (Å²) in [6.07, 6.45) is 0. The Labute approximate surface area is 349 Å². The first-order chi connectivity index (χ1) is 29.7. The summed E-state index contributed by atoms with van der Waals surface area (Å²) in [4.78, 5) is 2.36. The van der Waals surface area contributed by atoms with Crippen molar-refractivity contribution in [1.29, 1.82) is 0 Å². The molecule has 0 atom stereocenters. The van der Waals surface area contributed by atoms with Gasteiger partial charge in [0.1, 0.15) is 11.2 Å². The van der Waals surface area contributed by atoms with E-state index in [2.05, 4.69) is 229 Å². The van der Waals surface area contributed by atoms with Crippen LogP contribution in [0, 0.1) is 0 Å². The topological polar surface area (TPSA) is 16.4 Å². The summed E-state index contributed by atoms with van der Waals surface area (Å²) in [6, 6.07) is 84.9. The number of nitrogens with zero attached hydrogens (tertiary/aromatic N) is 1. The van der Waals surface area contributed by atoms with E-state index in [1.54, 1.807) is 0 Å². The highest BCUT2D eigenvalue weighted by Crippen LogP contribution is 2.40. The summed E-state index contributed by atoms with van der Waals surface area (Å²) in [7, 11) is 0. The summed E-state index contributed by atoms with van der Waals surface area (Å²) >= 11 is 0. The third-order valence-electron chi connectivity index (χ3n) is 11.7. The first-order valence-corrected chi connectivity index (χ1v) is 20.5. The highest BCUT2D eigenvalue weighted by molar-refractivity contribution is 6.06. The third-order valence-corrected chi connectivity index (χ3v) is 11.7. The van der Waals surface area contributed by atoms with Gasteiger partial charge in [-0.15, -0.1) is 0 Å². The Morgan fingerprint density at radius 1 is 0.250 bits per heavy atom. The Hall–Kier alpha value is -7.94. The molecule has 0 spiro atoms. The van der Waals surface area contributed by atoms with Crippen LogP contribution in [0.3, 0.4) is 0 Å². The lowest BCUT2D eigenvalue weighted by molar-refractivity contribution is 0.669. The van der Waals surface area contributed by atoms with Crippen molar-refractivity contribution < 1.29 is 4.42 Å². The molecule has 0 unspecified atom stereocenters. The van der Waals surface area contributed by atoms with Gasteiger partial charge in [0.15, 0.2) is 0 Å². The number of rotatable bonds is 8. The van der Waals surface area contributed by atoms with Crippen LogP contribution < -0.4 is 4.90 Å². The number of hydrogen-bond donors (Lipinski definition) is 0. The van der Waals surface area contributed by atoms with Gasteiger partial charge in [-0.05, 0) is 133 Å². The van der Waals surface area contributed by atoms with Crippen LogP contribution in [0.2, 0.25) is 0 Å². The molecule has 0 fully saturated rings. The van der Waals surface area contributed by atoms with Gasteiger partial charge >= 0.3 is 0 Å². The SMILES string of the molecule is c1ccc(-c2cccc(-c3ccc(N(c4ccc(-c5ccc6c(c5)oc5ccccc56)cc4)c4cccc(-c5cccc(-c6cccc7ccccc67)c5)c4)cc3)c2)cc1. The fourth-order valence-electron chi connectivity index (χ4n) is 8.64. The fourth-order valence-corrected chi connectivity index (χ4v) is 8.64. The molecular formula is C58H39NO. The van der Waals surface area contributed by atoms with Gasteiger partial charge < -0.3 is 9.32 Å². The molecular weight excluding hydrogens is 727 g/mol. The van der Waals surface area contributed by atoms with Gasteiger partial charge in [0.25, 0.3) is 0 Å². The molecule has 0 saturated carbocycles. The van der Waals surface area contributed by atoms with Crippen LogP contribution in [-0.2, 0) is 0 Å². The molecule has 1 heterocycles. The normalized spacial score (nSPS) is 11.3. The number of benzene rings is 10. The van der Waals surface area contributed by atoms with Crippen molar-refractivity contribution in [2.24, 2.45) is 0 Å². The zero-order valence-corrected chi connectivity index (χ0v) is 32.9. The molecule has 0 radical (unpaired) electrons. The monoisotopic (exact) mass is 765 g/mol. The predicted molar refractivity (Wildman–Crippen MR) is 253 cm³/mol. The molecule has 0 aliphatic heterocycles. The number of fused-ring (bicyclic) bond motifs is 4. The van der Waals surface area contributed by atoms with Gasteiger partial charge in [-0.25, -0.2) is 0 Å². The van der Waals surface area contributed by atoms with Crippen molar-refractivity contribution in [1.82, 2.24) is 0 Å². The molecule has 60 heavy (non-hydrogen) atoms. The standard InChI is InChI=1S/C58H39NO/c1-2-12-40(13-3-1)44-16-8-17-45(36-44)41-26-31-50(32-27-41)59(51-33-28-42(29-34-51)48-30-35-56-55-23-6-7-25-57(55)60-58(56)39-48)52-21-10-19-47(38-52)46-18-9-20-49(37-46)54-24-11-15-43-14-4-5-22-53(43)54/h1-39H. The second-order valence-corrected chi connectivity index (χ2v) is 15.3. The molecule has 0 amide bonds. The Morgan fingerprint density at radius 3 is 1.45 bits per heavy atom. The molecule has 11 rings (SSSR count). The zero-order chi connectivity index (χ0) is 39.8. The van der Waals surface area contributed by atoms with E-state index in [9.17, 15) is 0 Å². The van der Waals surface area contributed by atoms with Crippen LogP contribution in [0.15, 0.2) is 241 Å². The second-order valence-electron chi connectivity index (χ2n) is 15.3. The van der Waals surface area contributed by atoms with Gasteiger partial charge in [0.05, 0.1) is 0 Å². The maximum Gasteiger partial charge on any atom is 0.136 e. The Bertz CT molecular complexity index is 3300. The minimum absolute atomic E-state index is 0.898. The van der Waals surface area contributed by atoms with Crippen LogP contribution in [0.5, 0.6) is 0 Å². The molecule has 0 N–H and O–H groups in total. The predicted octanol–water partition coefficient (Wildman–Crippen LogP) is 16.5. The van der Waals surface area contributed by atoms with E-state index in [1.807, 2.05) is 12.1 Å². The van der Waals surface area contributed by atoms with Crippen LogP contribution in [0.4, 0.5) is 17.1 Å². The minimum Gasteiger partial charge on any atom is -0.456 e. The Kier molecular flexibility index (Phi) is 8.87. The summed E-state index contributed by atoms with van der Waals surface area (Å²) in [6.45, 7) is 0. The maximum absolute atomic E-state index is 6.25. The van der Waals surface area contributed by atoms with Crippen molar-refractivity contribution in [3.05, 3.63) is 237 Å². The van der Waals surface area contributed by atoms with Gasteiger partial charge in [-0.3, -0.25) is 0 Å². The van der Waals surface area contributed by atoms with Crippen molar-refractivity contribution in [3.63, 3.8) is 0 Å². The second kappa shape index (κ2) is 15.1. The van der Waals surface area contributed by atoms with E-state index in [0.29, 0.717) is 0 Å². The minimum atomic E-state index is 0.898. The van der Waals surface area contributed by atoms with Gasteiger partial charge in [0.2, 0.25) is 0 Å². The van der Waals surface area contributed by atoms with E-state index in [1.165, 1.54) is 49.7 Å². The molecule has 0 bridgehead atoms. The molecule has 0 aliphatic rings. The Morgan fingerprint density at radius 2 is 0.717 bits per heavy atom. The molecule has 10 aromatic carbocycles. The van der Waals surface area contributed by atoms with Crippen LogP contribution >= 0.6 is 0 Å². The van der Waals surface area contributed by atoms with E-state index < -0.39 is 0 Å². The quantitative estimate of drug-likeness (QED) is 0.153. The van der Waals surface area contributed by atoms with Gasteiger partial charge in [-0.2, -0.15) is 0 Å². The molecule has 2 heteroatoms. The van der Waals surface area contributed by atoms with E-state index in [-0.39, 0.29) is 0 Å². The highest BCUT2D eigenvalue weighted by Gasteiger charge is 2.16. The number of hydrogen-bond acceptors (Lipinski definition) is 2. The first kappa shape index (κ1) is 35.2. The average Bonchev–Trinajstić information content (AvgIpc) is 3.70. The lowest BCUT2D eigenvalue weighted by Crippen LogP contribution is -2.10. The van der Waals surface area contributed by atoms with Crippen molar-refractivity contribution in [2.75, 3.05) is 4.90 Å². The average molecular weight is 766 g/mol. The van der Waals surface area contributed by atoms with Crippen molar-refractivity contribution in [3.8, 4) is 55.6 Å². The van der Waals surface area contributed by atoms with Crippen LogP contribution in [0.1, 0.15) is 0 Å². The molecule has 1 aromatic heterocycles. The lowest BCUT2D eigenvalue weighted by Gasteiger charge is -2.26. The fraction of sp³-hybridized carbons (Fsp3) is 0. The summed E-state index contributed by atoms with van der Waals surface area (Å²) in [5.74, 6) is 0. The van der Waals surface area contributed by atoms with Crippen molar-refractivity contribution >= 4 is 49.8 Å². The summed E-state index contributed by atoms with van der Waals surface area (Å²) < 4.78 is 6.25. The van der Waals surface area contributed by atoms with Crippen molar-refractivity contribution in [2.45, 2.75) is 0 Å². The molecule has 2 nitrogen and oxygen atoms in total. The third kappa shape index (κ3) is 6.61. The van der Waals surface area contributed by atoms with E-state index in [4.69, 9.17) is 4.42 Å². The summed E-state index contributed by atoms with van der Waals surface area (Å²) in [5.41, 5.74) is 16.9. The number of anilines is 3. The largest absolute Gasteiger partial charge is 0.456 e. The highest BCUT2D eigenvalue weighted by atomic mass is 16.3. The Balaban J connectivity index is 0.976. The maximum atomic E-state index is 6.25. The van der Waals surface area contributed by atoms with E-state index in [0.717, 1.165) is 55.7 Å². The molecule has 11 aromatic rings. The van der Waals surface area contributed by atoms with Crippen LogP contribution in [0.25, 0.3) is 88.3 Å². The molecule has 282 valence electrons. The molecule has 0 saturated heterocycles. The van der Waals surface area contributed by atoms with Gasteiger partial charge in [0, 0.05) is 27.8 Å². The summed E-state index contributed by atoms with van der Waals surface area (Å²) in [5, 5.41) is 4.78. The number of para-hydroxylation sites is 1.